The Labute approximate surface area is 83.7 Å². The molecule has 0 spiro atoms. The first-order valence-corrected chi connectivity index (χ1v) is 4.50. The summed E-state index contributed by atoms with van der Waals surface area (Å²) >= 11 is 0. The third kappa shape index (κ3) is 2.81. The fourth-order valence-electron chi connectivity index (χ4n) is 1.10. The highest BCUT2D eigenvalue weighted by molar-refractivity contribution is 5.79. The summed E-state index contributed by atoms with van der Waals surface area (Å²) in [4.78, 5) is 16.9. The minimum atomic E-state index is -0.316. The minimum Gasteiger partial charge on any atom is -0.368 e. The number of nitrogens with two attached hydrogens (primary N) is 1. The number of carbonyl (C=O) groups is 1. The van der Waals surface area contributed by atoms with E-state index < -0.39 is 0 Å². The number of amides is 1. The molecule has 0 radical (unpaired) electrons. The van der Waals surface area contributed by atoms with E-state index in [1.807, 2.05) is 30.1 Å². The summed E-state index contributed by atoms with van der Waals surface area (Å²) in [5.74, 6) is -0.316. The first kappa shape index (κ1) is 10.7. The van der Waals surface area contributed by atoms with Gasteiger partial charge in [0.05, 0.1) is 11.7 Å². The van der Waals surface area contributed by atoms with Gasteiger partial charge in [0, 0.05) is 12.7 Å². The summed E-state index contributed by atoms with van der Waals surface area (Å²) < 4.78 is 0. The highest BCUT2D eigenvalue weighted by Gasteiger charge is 2.14. The van der Waals surface area contributed by atoms with Crippen molar-refractivity contribution in [2.45, 2.75) is 19.5 Å². The van der Waals surface area contributed by atoms with Crippen molar-refractivity contribution in [3.63, 3.8) is 0 Å². The average molecular weight is 193 g/mol. The van der Waals surface area contributed by atoms with Crippen molar-refractivity contribution in [1.29, 1.82) is 0 Å². The van der Waals surface area contributed by atoms with Gasteiger partial charge in [-0.25, -0.2) is 0 Å². The number of nitrogens with zero attached hydrogens (tertiary/aromatic N) is 2. The summed E-state index contributed by atoms with van der Waals surface area (Å²) in [6.45, 7) is 2.41. The Balaban J connectivity index is 2.57. The van der Waals surface area contributed by atoms with Gasteiger partial charge in [0.15, 0.2) is 0 Å². The van der Waals surface area contributed by atoms with Gasteiger partial charge in [-0.2, -0.15) is 0 Å². The third-order valence-electron chi connectivity index (χ3n) is 2.21. The number of pyridine rings is 1. The summed E-state index contributed by atoms with van der Waals surface area (Å²) in [6, 6.07) is 5.44. The molecule has 2 N–H and O–H groups in total. The molecule has 14 heavy (non-hydrogen) atoms. The zero-order valence-electron chi connectivity index (χ0n) is 8.47. The van der Waals surface area contributed by atoms with Gasteiger partial charge in [-0.15, -0.1) is 0 Å². The number of aromatic nitrogens is 1. The molecule has 4 nitrogen and oxygen atoms in total. The van der Waals surface area contributed by atoms with Crippen molar-refractivity contribution >= 4 is 5.91 Å². The van der Waals surface area contributed by atoms with Crippen LogP contribution in [0.2, 0.25) is 0 Å². The van der Waals surface area contributed by atoms with Gasteiger partial charge in [0.1, 0.15) is 0 Å². The molecular weight excluding hydrogens is 178 g/mol. The third-order valence-corrected chi connectivity index (χ3v) is 2.21. The van der Waals surface area contributed by atoms with Gasteiger partial charge in [-0.3, -0.25) is 14.7 Å². The minimum absolute atomic E-state index is 0.267. The molecule has 0 aliphatic rings. The van der Waals surface area contributed by atoms with Crippen LogP contribution in [0.1, 0.15) is 12.6 Å². The molecule has 0 fully saturated rings. The number of primary amides is 1. The maximum absolute atomic E-state index is 10.9. The second kappa shape index (κ2) is 4.72. The summed E-state index contributed by atoms with van der Waals surface area (Å²) in [5, 5.41) is 0. The molecule has 0 aromatic carbocycles. The molecule has 1 heterocycles. The lowest BCUT2D eigenvalue weighted by atomic mass is 10.2. The fraction of sp³-hybridized carbons (Fsp3) is 0.400. The van der Waals surface area contributed by atoms with Crippen LogP contribution in [0.25, 0.3) is 0 Å². The standard InChI is InChI=1S/C10H15N3O/c1-8(10(11)14)13(2)7-9-5-3-4-6-12-9/h3-6,8H,7H2,1-2H3,(H2,11,14). The van der Waals surface area contributed by atoms with E-state index in [0.29, 0.717) is 6.54 Å². The van der Waals surface area contributed by atoms with E-state index in [4.69, 9.17) is 5.73 Å². The van der Waals surface area contributed by atoms with E-state index in [1.165, 1.54) is 0 Å². The zero-order chi connectivity index (χ0) is 10.6. The lowest BCUT2D eigenvalue weighted by molar-refractivity contribution is -0.122. The molecule has 1 aromatic rings. The number of rotatable bonds is 4. The van der Waals surface area contributed by atoms with Crippen LogP contribution in [0.3, 0.4) is 0 Å². The Morgan fingerprint density at radius 3 is 2.86 bits per heavy atom. The van der Waals surface area contributed by atoms with Crippen molar-refractivity contribution in [3.05, 3.63) is 30.1 Å². The predicted octanol–water partition coefficient (Wildman–Crippen LogP) is 0.387. The molecule has 1 aromatic heterocycles. The van der Waals surface area contributed by atoms with Gasteiger partial charge >= 0.3 is 0 Å². The first-order valence-electron chi connectivity index (χ1n) is 4.50. The van der Waals surface area contributed by atoms with Crippen LogP contribution in [0.5, 0.6) is 0 Å². The van der Waals surface area contributed by atoms with E-state index in [9.17, 15) is 4.79 Å². The van der Waals surface area contributed by atoms with Crippen LogP contribution in [-0.4, -0.2) is 28.9 Å². The van der Waals surface area contributed by atoms with Crippen LogP contribution >= 0.6 is 0 Å². The zero-order valence-corrected chi connectivity index (χ0v) is 8.47. The van der Waals surface area contributed by atoms with E-state index >= 15 is 0 Å². The van der Waals surface area contributed by atoms with Crippen LogP contribution in [0.15, 0.2) is 24.4 Å². The maximum atomic E-state index is 10.9. The Morgan fingerprint density at radius 1 is 1.64 bits per heavy atom. The molecule has 4 heteroatoms. The van der Waals surface area contributed by atoms with Crippen LogP contribution < -0.4 is 5.73 Å². The molecule has 0 saturated carbocycles. The molecular formula is C10H15N3O. The Bertz CT molecular complexity index is 299. The van der Waals surface area contributed by atoms with Crippen molar-refractivity contribution in [3.8, 4) is 0 Å². The second-order valence-corrected chi connectivity index (χ2v) is 3.31. The van der Waals surface area contributed by atoms with Crippen molar-refractivity contribution in [2.24, 2.45) is 5.73 Å². The Hall–Kier alpha value is -1.42. The first-order chi connectivity index (χ1) is 6.61. The summed E-state index contributed by atoms with van der Waals surface area (Å²) in [6.07, 6.45) is 1.73. The molecule has 0 aliphatic heterocycles. The number of carbonyl (C=O) groups excluding carboxylic acids is 1. The van der Waals surface area contributed by atoms with Gasteiger partial charge in [-0.1, -0.05) is 6.07 Å². The SMILES string of the molecule is CC(C(N)=O)N(C)Cc1ccccn1. The van der Waals surface area contributed by atoms with E-state index in [2.05, 4.69) is 4.98 Å². The molecule has 0 bridgehead atoms. The van der Waals surface area contributed by atoms with Crippen LogP contribution in [0.4, 0.5) is 0 Å². The number of hydrogen-bond acceptors (Lipinski definition) is 3. The van der Waals surface area contributed by atoms with Gasteiger partial charge in [0.25, 0.3) is 0 Å². The molecule has 1 atom stereocenters. The van der Waals surface area contributed by atoms with Gasteiger partial charge < -0.3 is 5.73 Å². The fourth-order valence-corrected chi connectivity index (χ4v) is 1.10. The largest absolute Gasteiger partial charge is 0.368 e. The number of hydrogen-bond donors (Lipinski definition) is 1. The monoisotopic (exact) mass is 193 g/mol. The second-order valence-electron chi connectivity index (χ2n) is 3.31. The Morgan fingerprint density at radius 2 is 2.36 bits per heavy atom. The van der Waals surface area contributed by atoms with Gasteiger partial charge in [0.2, 0.25) is 5.91 Å². The lowest BCUT2D eigenvalue weighted by Crippen LogP contribution is -2.39. The molecule has 0 aliphatic carbocycles. The van der Waals surface area contributed by atoms with E-state index in [-0.39, 0.29) is 11.9 Å². The topological polar surface area (TPSA) is 59.2 Å². The highest BCUT2D eigenvalue weighted by atomic mass is 16.1. The lowest BCUT2D eigenvalue weighted by Gasteiger charge is -2.21. The number of likely N-dealkylation sites (N-methyl/N-ethyl adjacent to an activating group) is 1. The summed E-state index contributed by atoms with van der Waals surface area (Å²) in [7, 11) is 1.85. The van der Waals surface area contributed by atoms with Crippen LogP contribution in [-0.2, 0) is 11.3 Å². The average Bonchev–Trinajstić information content (AvgIpc) is 2.18. The van der Waals surface area contributed by atoms with E-state index in [0.717, 1.165) is 5.69 Å². The Kier molecular flexibility index (Phi) is 3.59. The van der Waals surface area contributed by atoms with Crippen molar-refractivity contribution in [1.82, 2.24) is 9.88 Å². The molecule has 1 amide bonds. The maximum Gasteiger partial charge on any atom is 0.234 e. The molecule has 76 valence electrons. The molecule has 1 rings (SSSR count). The van der Waals surface area contributed by atoms with E-state index in [1.54, 1.807) is 13.1 Å². The van der Waals surface area contributed by atoms with Gasteiger partial charge in [-0.05, 0) is 26.1 Å². The van der Waals surface area contributed by atoms with Crippen molar-refractivity contribution in [2.75, 3.05) is 7.05 Å². The van der Waals surface area contributed by atoms with Crippen molar-refractivity contribution < 1.29 is 4.79 Å². The quantitative estimate of drug-likeness (QED) is 0.752. The predicted molar refractivity (Wildman–Crippen MR) is 54.4 cm³/mol. The smallest absolute Gasteiger partial charge is 0.234 e. The molecule has 1 unspecified atom stereocenters. The normalized spacial score (nSPS) is 12.8. The van der Waals surface area contributed by atoms with Crippen LogP contribution in [0, 0.1) is 0 Å². The summed E-state index contributed by atoms with van der Waals surface area (Å²) in [5.41, 5.74) is 6.12. The highest BCUT2D eigenvalue weighted by Crippen LogP contribution is 2.02. The molecule has 0 saturated heterocycles.